The van der Waals surface area contributed by atoms with Crippen LogP contribution >= 0.6 is 0 Å². The van der Waals surface area contributed by atoms with Crippen molar-refractivity contribution in [1.82, 2.24) is 20.4 Å². The van der Waals surface area contributed by atoms with Crippen molar-refractivity contribution >= 4 is 37.0 Å². The maximum absolute atomic E-state index is 12.2. The van der Waals surface area contributed by atoms with Gasteiger partial charge in [-0.15, -0.1) is 0 Å². The van der Waals surface area contributed by atoms with Crippen molar-refractivity contribution in [2.24, 2.45) is 10.8 Å². The van der Waals surface area contributed by atoms with Gasteiger partial charge in [-0.25, -0.2) is 0 Å². The summed E-state index contributed by atoms with van der Waals surface area (Å²) in [6.07, 6.45) is 1.59. The third kappa shape index (κ3) is 14.1. The van der Waals surface area contributed by atoms with Crippen LogP contribution in [0.5, 0.6) is 0 Å². The van der Waals surface area contributed by atoms with Crippen LogP contribution in [0.15, 0.2) is 97.1 Å². The zero-order valence-corrected chi connectivity index (χ0v) is 35.7. The molecule has 0 spiro atoms. The van der Waals surface area contributed by atoms with Crippen LogP contribution in [0.4, 0.5) is 0 Å². The Morgan fingerprint density at radius 3 is 1.28 bits per heavy atom. The highest BCUT2D eigenvalue weighted by molar-refractivity contribution is 6.62. The molecule has 0 unspecified atom stereocenters. The summed E-state index contributed by atoms with van der Waals surface area (Å²) in [5.41, 5.74) is 7.83. The highest BCUT2D eigenvalue weighted by Crippen LogP contribution is 2.24. The van der Waals surface area contributed by atoms with Crippen LogP contribution in [0.25, 0.3) is 0 Å². The Morgan fingerprint density at radius 1 is 0.586 bits per heavy atom. The molecular formula is C46H64B2N4O6. The van der Waals surface area contributed by atoms with Crippen LogP contribution in [0.3, 0.4) is 0 Å². The predicted molar refractivity (Wildman–Crippen MR) is 235 cm³/mol. The Hall–Kier alpha value is -4.03. The Balaban J connectivity index is 1.29. The lowest BCUT2D eigenvalue weighted by Gasteiger charge is -2.34. The van der Waals surface area contributed by atoms with Gasteiger partial charge in [0.2, 0.25) is 11.8 Å². The summed E-state index contributed by atoms with van der Waals surface area (Å²) >= 11 is 0. The average molecular weight is 791 g/mol. The van der Waals surface area contributed by atoms with Crippen molar-refractivity contribution in [1.29, 1.82) is 0 Å². The fourth-order valence-corrected chi connectivity index (χ4v) is 7.05. The molecule has 0 bridgehead atoms. The number of carbonyl (C=O) groups is 2. The van der Waals surface area contributed by atoms with Crippen LogP contribution in [0.2, 0.25) is 0 Å². The third-order valence-electron chi connectivity index (χ3n) is 10.4. The fourth-order valence-electron chi connectivity index (χ4n) is 7.05. The molecule has 2 N–H and O–H groups in total. The maximum Gasteiger partial charge on any atom is 0.494 e. The molecular weight excluding hydrogens is 726 g/mol. The first-order valence-corrected chi connectivity index (χ1v) is 20.7. The van der Waals surface area contributed by atoms with E-state index in [1.807, 2.05) is 12.1 Å². The smallest absolute Gasteiger partial charge is 0.407 e. The van der Waals surface area contributed by atoms with Crippen molar-refractivity contribution in [3.8, 4) is 0 Å². The van der Waals surface area contributed by atoms with Gasteiger partial charge in [-0.3, -0.25) is 19.4 Å². The number of hydrogen-bond donors (Lipinski definition) is 2. The summed E-state index contributed by atoms with van der Waals surface area (Å²) in [5.74, 6) is -0.230. The second-order valence-corrected chi connectivity index (χ2v) is 17.7. The van der Waals surface area contributed by atoms with Gasteiger partial charge in [0.25, 0.3) is 0 Å². The lowest BCUT2D eigenvalue weighted by Crippen LogP contribution is -2.49. The molecule has 2 aliphatic rings. The molecule has 2 saturated heterocycles. The van der Waals surface area contributed by atoms with Crippen LogP contribution in [0, 0.1) is 10.8 Å². The Morgan fingerprint density at radius 2 is 0.931 bits per heavy atom. The van der Waals surface area contributed by atoms with E-state index in [4.69, 9.17) is 18.6 Å². The van der Waals surface area contributed by atoms with E-state index in [2.05, 4.69) is 122 Å². The zero-order chi connectivity index (χ0) is 41.7. The van der Waals surface area contributed by atoms with Crippen molar-refractivity contribution in [3.05, 3.63) is 119 Å². The van der Waals surface area contributed by atoms with Crippen LogP contribution in [-0.2, 0) is 54.4 Å². The van der Waals surface area contributed by atoms with Gasteiger partial charge in [-0.05, 0) is 59.9 Å². The number of amides is 2. The minimum atomic E-state index is -0.396. The summed E-state index contributed by atoms with van der Waals surface area (Å²) in [6.45, 7) is 27.8. The van der Waals surface area contributed by atoms with E-state index in [1.54, 1.807) is 13.8 Å². The average Bonchev–Trinajstić information content (AvgIpc) is 3.19. The van der Waals surface area contributed by atoms with Gasteiger partial charge in [-0.2, -0.15) is 0 Å². The number of nitrogens with zero attached hydrogens (tertiary/aromatic N) is 2. The van der Waals surface area contributed by atoms with Gasteiger partial charge >= 0.3 is 14.2 Å². The predicted octanol–water partition coefficient (Wildman–Crippen LogP) is 5.39. The van der Waals surface area contributed by atoms with E-state index in [-0.39, 0.29) is 22.6 Å². The highest BCUT2D eigenvalue weighted by Gasteiger charge is 2.36. The van der Waals surface area contributed by atoms with Crippen LogP contribution in [-0.4, -0.2) is 88.5 Å². The van der Waals surface area contributed by atoms with Gasteiger partial charge in [0, 0.05) is 101 Å². The number of nitrogens with one attached hydrogen (secondary N) is 2. The molecule has 0 radical (unpaired) electrons. The molecule has 2 heterocycles. The minimum Gasteiger partial charge on any atom is -0.407 e. The summed E-state index contributed by atoms with van der Waals surface area (Å²) in [5, 5.41) is 5.97. The fraction of sp³-hybridized carbons (Fsp3) is 0.478. The van der Waals surface area contributed by atoms with Crippen LogP contribution < -0.4 is 21.6 Å². The van der Waals surface area contributed by atoms with Crippen molar-refractivity contribution in [2.75, 3.05) is 52.6 Å². The molecule has 0 aliphatic carbocycles. The molecule has 58 heavy (non-hydrogen) atoms. The molecule has 12 heteroatoms. The number of hydrogen-bond acceptors (Lipinski definition) is 8. The molecule has 0 aromatic heterocycles. The van der Waals surface area contributed by atoms with E-state index in [9.17, 15) is 9.59 Å². The molecule has 3 aromatic rings. The summed E-state index contributed by atoms with van der Waals surface area (Å²) in [7, 11) is -0.792. The Kier molecular flexibility index (Phi) is 16.5. The Labute approximate surface area is 348 Å². The molecule has 0 saturated carbocycles. The van der Waals surface area contributed by atoms with Crippen molar-refractivity contribution in [2.45, 2.75) is 80.6 Å². The van der Waals surface area contributed by atoms with E-state index < -0.39 is 14.2 Å². The van der Waals surface area contributed by atoms with Gasteiger partial charge in [0.1, 0.15) is 0 Å². The number of benzene rings is 3. The topological polar surface area (TPSA) is 102 Å². The monoisotopic (exact) mass is 791 g/mol. The first kappa shape index (κ1) is 45.1. The molecule has 310 valence electrons. The number of carbonyl (C=O) groups excluding carboxylic acids is 2. The second kappa shape index (κ2) is 21.3. The van der Waals surface area contributed by atoms with E-state index >= 15 is 0 Å². The van der Waals surface area contributed by atoms with E-state index in [0.717, 1.165) is 61.1 Å². The quantitative estimate of drug-likeness (QED) is 0.0894. The van der Waals surface area contributed by atoms with E-state index in [0.29, 0.717) is 63.8 Å². The lowest BCUT2D eigenvalue weighted by atomic mass is 9.73. The minimum absolute atomic E-state index is 0.0157. The van der Waals surface area contributed by atoms with Crippen molar-refractivity contribution < 1.29 is 28.2 Å². The lowest BCUT2D eigenvalue weighted by molar-refractivity contribution is -0.118. The molecule has 3 aromatic carbocycles. The largest absolute Gasteiger partial charge is 0.494 e. The van der Waals surface area contributed by atoms with Gasteiger partial charge in [-0.1, -0.05) is 114 Å². The molecule has 5 rings (SSSR count). The standard InChI is InChI=1S/C46H64B2N4O6/c1-35(2)43(53)49-23-13-25-51(29-39-15-9-11-17-41(39)47-55-31-45(5,6)32-56-47)27-37-19-21-38(22-20-37)28-52(26-14-24-50-44(54)36(3)4)30-40-16-10-12-18-42(40)48-57-33-46(7,8)34-58-48/h9-12,15-22H,1,3,13-14,23-34H2,2,4-8H3,(H,49,53)(H,50,54). The highest BCUT2D eigenvalue weighted by atomic mass is 16.6. The summed E-state index contributed by atoms with van der Waals surface area (Å²) < 4.78 is 24.8. The molecule has 2 aliphatic heterocycles. The van der Waals surface area contributed by atoms with E-state index in [1.165, 1.54) is 11.1 Å². The molecule has 2 fully saturated rings. The van der Waals surface area contributed by atoms with Gasteiger partial charge in [0.15, 0.2) is 0 Å². The summed E-state index contributed by atoms with van der Waals surface area (Å²) in [4.78, 5) is 29.2. The second-order valence-electron chi connectivity index (χ2n) is 17.7. The Bertz CT molecular complexity index is 1700. The zero-order valence-electron chi connectivity index (χ0n) is 35.7. The van der Waals surface area contributed by atoms with Crippen molar-refractivity contribution in [3.63, 3.8) is 0 Å². The molecule has 0 atom stereocenters. The van der Waals surface area contributed by atoms with Crippen LogP contribution in [0.1, 0.15) is 76.6 Å². The van der Waals surface area contributed by atoms with Gasteiger partial charge in [0.05, 0.1) is 0 Å². The SMILES string of the molecule is C=C(C)C(=O)NCCCN(Cc1ccc(CN(CCCNC(=O)C(=C)C)Cc2ccccc2B2OCC(C)(C)CO2)cc1)Cc1ccccc1B1OCC(C)(C)CO1. The first-order chi connectivity index (χ1) is 27.7. The third-order valence-corrected chi connectivity index (χ3v) is 10.4. The molecule has 10 nitrogen and oxygen atoms in total. The first-order valence-electron chi connectivity index (χ1n) is 20.7. The maximum atomic E-state index is 12.2. The normalized spacial score (nSPS) is 16.3. The molecule has 2 amide bonds. The summed E-state index contributed by atoms with van der Waals surface area (Å²) in [6, 6.07) is 25.6. The number of rotatable bonds is 20. The van der Waals surface area contributed by atoms with Gasteiger partial charge < -0.3 is 29.3 Å².